The van der Waals surface area contributed by atoms with Crippen molar-refractivity contribution < 1.29 is 28.2 Å². The van der Waals surface area contributed by atoms with Crippen molar-refractivity contribution >= 4 is 44.7 Å². The highest BCUT2D eigenvalue weighted by Crippen LogP contribution is 2.38. The highest BCUT2D eigenvalue weighted by molar-refractivity contribution is 9.10. The third kappa shape index (κ3) is 4.73. The van der Waals surface area contributed by atoms with E-state index in [9.17, 15) is 9.59 Å². The maximum absolute atomic E-state index is 13.6. The maximum Gasteiger partial charge on any atom is 0.348 e. The summed E-state index contributed by atoms with van der Waals surface area (Å²) in [7, 11) is 0. The van der Waals surface area contributed by atoms with Crippen LogP contribution in [0, 0.1) is 0 Å². The van der Waals surface area contributed by atoms with Gasteiger partial charge < -0.3 is 18.6 Å². The Kier molecular flexibility index (Phi) is 6.50. The number of hydrogen-bond acceptors (Lipinski definition) is 6. The lowest BCUT2D eigenvalue weighted by Gasteiger charge is -2.07. The summed E-state index contributed by atoms with van der Waals surface area (Å²) in [6.45, 7) is 2.38. The van der Waals surface area contributed by atoms with Crippen LogP contribution in [0.4, 0.5) is 0 Å². The molecule has 0 N–H and O–H groups in total. The minimum Gasteiger partial charge on any atom is -0.494 e. The van der Waals surface area contributed by atoms with E-state index in [2.05, 4.69) is 15.9 Å². The first kappa shape index (κ1) is 24.7. The molecule has 0 amide bonds. The normalized spacial score (nSPS) is 13.4. The van der Waals surface area contributed by atoms with Gasteiger partial charge in [-0.25, -0.2) is 4.79 Å². The molecule has 1 aliphatic rings. The Morgan fingerprint density at radius 1 is 0.923 bits per heavy atom. The van der Waals surface area contributed by atoms with E-state index in [1.165, 1.54) is 0 Å². The SMILES string of the molecule is CCOc1ccc2oc(-c3ccccc3)c(C(=O)Oc3ccc4c(c3)O/C(=C\c3ccccc3Br)C4=O)c2c1. The number of furan rings is 1. The summed E-state index contributed by atoms with van der Waals surface area (Å²) < 4.78 is 24.3. The van der Waals surface area contributed by atoms with Crippen LogP contribution in [-0.2, 0) is 0 Å². The van der Waals surface area contributed by atoms with Crippen molar-refractivity contribution in [3.8, 4) is 28.6 Å². The molecule has 5 aromatic rings. The number of benzene rings is 4. The lowest BCUT2D eigenvalue weighted by molar-refractivity contribution is 0.0736. The van der Waals surface area contributed by atoms with Crippen molar-refractivity contribution in [1.29, 1.82) is 0 Å². The average molecular weight is 581 g/mol. The summed E-state index contributed by atoms with van der Waals surface area (Å²) in [5.74, 6) is 0.925. The van der Waals surface area contributed by atoms with Crippen molar-refractivity contribution in [2.24, 2.45) is 0 Å². The Morgan fingerprint density at radius 3 is 2.49 bits per heavy atom. The minimum absolute atomic E-state index is 0.191. The largest absolute Gasteiger partial charge is 0.494 e. The van der Waals surface area contributed by atoms with Crippen LogP contribution in [0.1, 0.15) is 33.2 Å². The van der Waals surface area contributed by atoms with E-state index in [1.54, 1.807) is 42.5 Å². The van der Waals surface area contributed by atoms with Crippen LogP contribution < -0.4 is 14.2 Å². The Morgan fingerprint density at radius 2 is 1.69 bits per heavy atom. The van der Waals surface area contributed by atoms with Crippen molar-refractivity contribution in [3.05, 3.63) is 118 Å². The van der Waals surface area contributed by atoms with Crippen LogP contribution in [0.15, 0.2) is 106 Å². The van der Waals surface area contributed by atoms with Crippen LogP contribution in [0.5, 0.6) is 17.2 Å². The van der Waals surface area contributed by atoms with Crippen molar-refractivity contribution in [3.63, 3.8) is 0 Å². The highest BCUT2D eigenvalue weighted by Gasteiger charge is 2.29. The molecule has 0 aliphatic carbocycles. The third-order valence-corrected chi connectivity index (χ3v) is 6.98. The van der Waals surface area contributed by atoms with Gasteiger partial charge >= 0.3 is 5.97 Å². The molecular formula is C32H21BrO6. The number of ether oxygens (including phenoxy) is 3. The average Bonchev–Trinajstić information content (AvgIpc) is 3.47. The lowest BCUT2D eigenvalue weighted by Crippen LogP contribution is -2.09. The van der Waals surface area contributed by atoms with Gasteiger partial charge in [0.1, 0.15) is 34.2 Å². The molecule has 0 radical (unpaired) electrons. The summed E-state index contributed by atoms with van der Waals surface area (Å²) in [6, 6.07) is 27.0. The van der Waals surface area contributed by atoms with Crippen LogP contribution in [0.25, 0.3) is 28.4 Å². The predicted molar refractivity (Wildman–Crippen MR) is 151 cm³/mol. The summed E-state index contributed by atoms with van der Waals surface area (Å²) in [5.41, 5.74) is 2.77. The molecule has 0 saturated heterocycles. The maximum atomic E-state index is 13.6. The highest BCUT2D eigenvalue weighted by atomic mass is 79.9. The fourth-order valence-corrected chi connectivity index (χ4v) is 4.85. The number of Topliss-reactive ketones (excluding diaryl/α,β-unsaturated/α-hetero) is 1. The number of fused-ring (bicyclic) bond motifs is 2. The summed E-state index contributed by atoms with van der Waals surface area (Å²) >= 11 is 3.48. The number of halogens is 1. The van der Waals surface area contributed by atoms with Crippen LogP contribution in [0.3, 0.4) is 0 Å². The van der Waals surface area contributed by atoms with E-state index in [0.717, 1.165) is 15.6 Å². The van der Waals surface area contributed by atoms with Gasteiger partial charge in [0.05, 0.1) is 12.2 Å². The zero-order valence-electron chi connectivity index (χ0n) is 20.8. The van der Waals surface area contributed by atoms with Gasteiger partial charge in [0.2, 0.25) is 5.78 Å². The van der Waals surface area contributed by atoms with Crippen LogP contribution in [-0.4, -0.2) is 18.4 Å². The third-order valence-electron chi connectivity index (χ3n) is 6.25. The van der Waals surface area contributed by atoms with Crippen LogP contribution in [0.2, 0.25) is 0 Å². The topological polar surface area (TPSA) is 75.0 Å². The number of ketones is 1. The Labute approximate surface area is 232 Å². The van der Waals surface area contributed by atoms with E-state index >= 15 is 0 Å². The molecule has 0 unspecified atom stereocenters. The first-order chi connectivity index (χ1) is 19.0. The number of rotatable bonds is 6. The second-order valence-corrected chi connectivity index (χ2v) is 9.63. The Hall–Kier alpha value is -4.62. The summed E-state index contributed by atoms with van der Waals surface area (Å²) in [6.07, 6.45) is 1.68. The van der Waals surface area contributed by atoms with E-state index in [4.69, 9.17) is 18.6 Å². The first-order valence-corrected chi connectivity index (χ1v) is 13.1. The molecule has 0 fully saturated rings. The summed E-state index contributed by atoms with van der Waals surface area (Å²) in [5, 5.41) is 0.580. The zero-order chi connectivity index (χ0) is 26.9. The van der Waals surface area contributed by atoms with E-state index in [1.807, 2.05) is 61.5 Å². The molecule has 0 spiro atoms. The van der Waals surface area contributed by atoms with Gasteiger partial charge in [-0.05, 0) is 55.0 Å². The number of allylic oxidation sites excluding steroid dienone is 1. The fraction of sp³-hybridized carbons (Fsp3) is 0.0625. The van der Waals surface area contributed by atoms with Crippen molar-refractivity contribution in [2.45, 2.75) is 6.92 Å². The monoisotopic (exact) mass is 580 g/mol. The molecule has 4 aromatic carbocycles. The molecule has 0 atom stereocenters. The van der Waals surface area contributed by atoms with Gasteiger partial charge in [-0.2, -0.15) is 0 Å². The van der Waals surface area contributed by atoms with Gasteiger partial charge in [0.15, 0.2) is 5.76 Å². The van der Waals surface area contributed by atoms with E-state index in [-0.39, 0.29) is 22.9 Å². The molecule has 0 saturated carbocycles. The molecule has 1 aromatic heterocycles. The molecule has 192 valence electrons. The first-order valence-electron chi connectivity index (χ1n) is 12.3. The minimum atomic E-state index is -0.602. The number of hydrogen-bond donors (Lipinski definition) is 0. The van der Waals surface area contributed by atoms with Crippen LogP contribution >= 0.6 is 15.9 Å². The molecule has 1 aliphatic heterocycles. The molecular weight excluding hydrogens is 560 g/mol. The molecule has 7 heteroatoms. The molecule has 39 heavy (non-hydrogen) atoms. The van der Waals surface area contributed by atoms with E-state index < -0.39 is 5.97 Å². The molecule has 0 bridgehead atoms. The quantitative estimate of drug-likeness (QED) is 0.115. The van der Waals surface area contributed by atoms with E-state index in [0.29, 0.717) is 40.4 Å². The predicted octanol–water partition coefficient (Wildman–Crippen LogP) is 8.10. The Balaban J connectivity index is 1.34. The lowest BCUT2D eigenvalue weighted by atomic mass is 10.1. The standard InChI is InChI=1S/C32H21BrO6/c1-2-36-21-13-15-26-24(17-21)29(31(39-26)19-8-4-3-5-9-19)32(35)37-22-12-14-23-27(18-22)38-28(30(23)34)16-20-10-6-7-11-25(20)33/h3-18H,2H2,1H3/b28-16-. The van der Waals surface area contributed by atoms with Gasteiger partial charge in [-0.15, -0.1) is 0 Å². The second kappa shape index (κ2) is 10.3. The van der Waals surface area contributed by atoms with Gasteiger partial charge in [0, 0.05) is 21.5 Å². The number of carbonyl (C=O) groups excluding carboxylic acids is 2. The van der Waals surface area contributed by atoms with Gasteiger partial charge in [-0.3, -0.25) is 4.79 Å². The van der Waals surface area contributed by atoms with Gasteiger partial charge in [0.25, 0.3) is 0 Å². The second-order valence-electron chi connectivity index (χ2n) is 8.77. The molecule has 6 nitrogen and oxygen atoms in total. The number of carbonyl (C=O) groups is 2. The fourth-order valence-electron chi connectivity index (χ4n) is 4.45. The Bertz CT molecular complexity index is 1770. The molecule has 6 rings (SSSR count). The smallest absolute Gasteiger partial charge is 0.348 e. The zero-order valence-corrected chi connectivity index (χ0v) is 22.4. The van der Waals surface area contributed by atoms with Crippen molar-refractivity contribution in [2.75, 3.05) is 6.61 Å². The molecule has 2 heterocycles. The summed E-state index contributed by atoms with van der Waals surface area (Å²) in [4.78, 5) is 26.5. The van der Waals surface area contributed by atoms with Gasteiger partial charge in [-0.1, -0.05) is 64.5 Å². The van der Waals surface area contributed by atoms with Crippen molar-refractivity contribution in [1.82, 2.24) is 0 Å². The number of esters is 1.